The molecule has 3 aromatic rings. The summed E-state index contributed by atoms with van der Waals surface area (Å²) in [6.45, 7) is 8.67. The molecule has 1 unspecified atom stereocenters. The van der Waals surface area contributed by atoms with Crippen LogP contribution in [-0.2, 0) is 11.0 Å². The zero-order chi connectivity index (χ0) is 19.2. The zero-order valence-electron chi connectivity index (χ0n) is 15.6. The molecule has 1 aliphatic rings. The lowest BCUT2D eigenvalue weighted by atomic mass is 9.86. The van der Waals surface area contributed by atoms with Gasteiger partial charge in [-0.25, -0.2) is 4.98 Å². The maximum atomic E-state index is 10.6. The van der Waals surface area contributed by atoms with Gasteiger partial charge in [-0.05, 0) is 31.5 Å². The van der Waals surface area contributed by atoms with Crippen LogP contribution in [0.4, 0.5) is 10.8 Å². The van der Waals surface area contributed by atoms with Crippen LogP contribution in [0.2, 0.25) is 0 Å². The molecule has 1 aromatic carbocycles. The van der Waals surface area contributed by atoms with Crippen molar-refractivity contribution in [2.24, 2.45) is 0 Å². The van der Waals surface area contributed by atoms with Gasteiger partial charge >= 0.3 is 0 Å². The van der Waals surface area contributed by atoms with Crippen molar-refractivity contribution in [1.82, 2.24) is 14.5 Å². The molecule has 0 amide bonds. The predicted molar refractivity (Wildman–Crippen MR) is 104 cm³/mol. The van der Waals surface area contributed by atoms with E-state index < -0.39 is 5.60 Å². The van der Waals surface area contributed by atoms with Crippen LogP contribution < -0.4 is 4.90 Å². The van der Waals surface area contributed by atoms with Crippen molar-refractivity contribution >= 4 is 22.4 Å². The van der Waals surface area contributed by atoms with Crippen molar-refractivity contribution in [1.29, 1.82) is 0 Å². The van der Waals surface area contributed by atoms with Crippen molar-refractivity contribution in [3.8, 4) is 11.8 Å². The Labute approximate surface area is 162 Å². The fourth-order valence-electron chi connectivity index (χ4n) is 3.28. The van der Waals surface area contributed by atoms with E-state index in [1.54, 1.807) is 26.2 Å². The minimum absolute atomic E-state index is 0.0106. The van der Waals surface area contributed by atoms with Crippen LogP contribution in [0, 0.1) is 18.8 Å². The van der Waals surface area contributed by atoms with Crippen LogP contribution >= 0.6 is 11.5 Å². The molecule has 27 heavy (non-hydrogen) atoms. The van der Waals surface area contributed by atoms with Crippen LogP contribution in [-0.4, -0.2) is 26.2 Å². The Bertz CT molecular complexity index is 1040. The Morgan fingerprint density at radius 2 is 2.15 bits per heavy atom. The minimum atomic E-state index is -1.38. The molecule has 0 saturated heterocycles. The summed E-state index contributed by atoms with van der Waals surface area (Å²) in [5, 5.41) is 15.4. The molecule has 1 atom stereocenters. The molecule has 7 heteroatoms. The molecule has 3 heterocycles. The number of rotatable bonds is 2. The van der Waals surface area contributed by atoms with Crippen LogP contribution in [0.25, 0.3) is 0 Å². The smallest absolute Gasteiger partial charge is 0.209 e. The predicted octanol–water partition coefficient (Wildman–Crippen LogP) is 3.52. The highest BCUT2D eigenvalue weighted by atomic mass is 32.1. The third-order valence-corrected chi connectivity index (χ3v) is 5.42. The molecule has 0 fully saturated rings. The highest BCUT2D eigenvalue weighted by Crippen LogP contribution is 2.44. The average molecular weight is 380 g/mol. The largest absolute Gasteiger partial charge is 0.372 e. The number of aryl methyl sites for hydroxylation is 1. The van der Waals surface area contributed by atoms with Crippen molar-refractivity contribution in [3.63, 3.8) is 0 Å². The number of benzene rings is 1. The van der Waals surface area contributed by atoms with Crippen LogP contribution in [0.15, 0.2) is 35.1 Å². The number of aromatic nitrogens is 3. The van der Waals surface area contributed by atoms with E-state index in [0.717, 1.165) is 22.9 Å². The molecular weight excluding hydrogens is 360 g/mol. The Morgan fingerprint density at radius 1 is 1.33 bits per heavy atom. The molecule has 0 radical (unpaired) electrons. The Kier molecular flexibility index (Phi) is 4.06. The molecule has 0 aliphatic carbocycles. The van der Waals surface area contributed by atoms with E-state index in [0.29, 0.717) is 11.5 Å². The summed E-state index contributed by atoms with van der Waals surface area (Å²) in [5.41, 5.74) is 2.19. The third-order valence-electron chi connectivity index (χ3n) is 4.73. The molecule has 6 nitrogen and oxygen atoms in total. The van der Waals surface area contributed by atoms with Gasteiger partial charge in [-0.15, -0.1) is 0 Å². The SMILES string of the molecule is Cc1cc(C(C)(O)C#Cc2ccc3c(c2)N(c2ncns2)CC3(C)C)no1. The first-order chi connectivity index (χ1) is 12.8. The van der Waals surface area contributed by atoms with Crippen molar-refractivity contribution in [2.45, 2.75) is 38.7 Å². The molecule has 2 aromatic heterocycles. The summed E-state index contributed by atoms with van der Waals surface area (Å²) >= 11 is 1.38. The lowest BCUT2D eigenvalue weighted by molar-refractivity contribution is 0.112. The second-order valence-corrected chi connectivity index (χ2v) is 8.33. The van der Waals surface area contributed by atoms with E-state index in [4.69, 9.17) is 4.52 Å². The number of fused-ring (bicyclic) bond motifs is 1. The maximum Gasteiger partial charge on any atom is 0.209 e. The van der Waals surface area contributed by atoms with Crippen LogP contribution in [0.1, 0.15) is 43.4 Å². The van der Waals surface area contributed by atoms with Gasteiger partial charge in [-0.1, -0.05) is 36.9 Å². The third kappa shape index (κ3) is 3.22. The summed E-state index contributed by atoms with van der Waals surface area (Å²) in [7, 11) is 0. The molecule has 0 spiro atoms. The van der Waals surface area contributed by atoms with Crippen molar-refractivity contribution < 1.29 is 9.63 Å². The molecular formula is C20H20N4O2S. The second kappa shape index (κ2) is 6.19. The van der Waals surface area contributed by atoms with E-state index in [-0.39, 0.29) is 5.41 Å². The monoisotopic (exact) mass is 380 g/mol. The molecule has 138 valence electrons. The van der Waals surface area contributed by atoms with E-state index >= 15 is 0 Å². The standard InChI is InChI=1S/C20H20N4O2S/c1-13-9-17(23-26-13)20(4,25)8-7-14-5-6-15-16(10-14)24(11-19(15,2)3)18-21-12-22-27-18/h5-6,9-10,12,25H,11H2,1-4H3. The molecule has 1 N–H and O–H groups in total. The van der Waals surface area contributed by atoms with Gasteiger partial charge in [0.2, 0.25) is 5.13 Å². The topological polar surface area (TPSA) is 75.3 Å². The first-order valence-electron chi connectivity index (χ1n) is 8.64. The van der Waals surface area contributed by atoms with E-state index in [2.05, 4.69) is 51.2 Å². The number of anilines is 2. The fourth-order valence-corrected chi connectivity index (χ4v) is 3.83. The van der Waals surface area contributed by atoms with Gasteiger partial charge in [0, 0.05) is 40.8 Å². The summed E-state index contributed by atoms with van der Waals surface area (Å²) in [5.74, 6) is 6.62. The minimum Gasteiger partial charge on any atom is -0.372 e. The van der Waals surface area contributed by atoms with Crippen LogP contribution in [0.5, 0.6) is 0 Å². The number of hydrogen-bond donors (Lipinski definition) is 1. The zero-order valence-corrected chi connectivity index (χ0v) is 16.5. The number of aliphatic hydroxyl groups is 1. The quantitative estimate of drug-likeness (QED) is 0.686. The number of hydrogen-bond acceptors (Lipinski definition) is 7. The lowest BCUT2D eigenvalue weighted by Crippen LogP contribution is -2.24. The normalized spacial score (nSPS) is 17.1. The van der Waals surface area contributed by atoms with Gasteiger partial charge in [0.1, 0.15) is 17.8 Å². The van der Waals surface area contributed by atoms with Crippen LogP contribution in [0.3, 0.4) is 0 Å². The molecule has 0 saturated carbocycles. The van der Waals surface area contributed by atoms with Gasteiger partial charge in [-0.2, -0.15) is 4.37 Å². The lowest BCUT2D eigenvalue weighted by Gasteiger charge is -2.19. The average Bonchev–Trinajstić information content (AvgIpc) is 3.33. The second-order valence-electron chi connectivity index (χ2n) is 7.57. The maximum absolute atomic E-state index is 10.6. The fraction of sp³-hybridized carbons (Fsp3) is 0.350. The first kappa shape index (κ1) is 17.7. The van der Waals surface area contributed by atoms with Gasteiger partial charge in [-0.3, -0.25) is 0 Å². The highest BCUT2D eigenvalue weighted by Gasteiger charge is 2.37. The molecule has 0 bridgehead atoms. The molecule has 4 rings (SSSR count). The summed E-state index contributed by atoms with van der Waals surface area (Å²) in [4.78, 5) is 6.54. The summed E-state index contributed by atoms with van der Waals surface area (Å²) in [6, 6.07) is 7.83. The number of nitrogens with zero attached hydrogens (tertiary/aromatic N) is 4. The Morgan fingerprint density at radius 3 is 2.81 bits per heavy atom. The highest BCUT2D eigenvalue weighted by molar-refractivity contribution is 7.09. The van der Waals surface area contributed by atoms with Crippen molar-refractivity contribution in [3.05, 3.63) is 53.2 Å². The van der Waals surface area contributed by atoms with E-state index in [1.165, 1.54) is 17.1 Å². The van der Waals surface area contributed by atoms with Gasteiger partial charge in [0.05, 0.1) is 0 Å². The van der Waals surface area contributed by atoms with E-state index in [1.807, 2.05) is 12.1 Å². The Balaban J connectivity index is 1.70. The van der Waals surface area contributed by atoms with Gasteiger partial charge in [0.25, 0.3) is 0 Å². The first-order valence-corrected chi connectivity index (χ1v) is 9.42. The summed E-state index contributed by atoms with van der Waals surface area (Å²) in [6.07, 6.45) is 1.58. The van der Waals surface area contributed by atoms with Gasteiger partial charge < -0.3 is 14.5 Å². The summed E-state index contributed by atoms with van der Waals surface area (Å²) < 4.78 is 9.17. The van der Waals surface area contributed by atoms with Gasteiger partial charge in [0.15, 0.2) is 5.60 Å². The van der Waals surface area contributed by atoms with Crippen molar-refractivity contribution in [2.75, 3.05) is 11.4 Å². The van der Waals surface area contributed by atoms with E-state index in [9.17, 15) is 5.11 Å². The molecule has 1 aliphatic heterocycles. The Hall–Kier alpha value is -2.69.